The summed E-state index contributed by atoms with van der Waals surface area (Å²) in [7, 11) is 0. The van der Waals surface area contributed by atoms with Gasteiger partial charge in [0.2, 0.25) is 0 Å². The monoisotopic (exact) mass is 436 g/mol. The van der Waals surface area contributed by atoms with Crippen LogP contribution in [-0.2, 0) is 6.18 Å². The van der Waals surface area contributed by atoms with Gasteiger partial charge in [-0.2, -0.15) is 18.4 Å². The van der Waals surface area contributed by atoms with Crippen molar-refractivity contribution in [3.05, 3.63) is 62.9 Å². The predicted molar refractivity (Wildman–Crippen MR) is 107 cm³/mol. The standard InChI is InChI=1S/C19H8ClF3N2OS2/c20-15-10-3-1-2-4-13(10)27-17(15)16(26)11(8-24)18-25-12-7-9(19(21,22)23)5-6-14(12)28-18/h1-7,26H. The summed E-state index contributed by atoms with van der Waals surface area (Å²) in [6, 6.07) is 12.4. The lowest BCUT2D eigenvalue weighted by molar-refractivity contribution is -0.137. The summed E-state index contributed by atoms with van der Waals surface area (Å²) in [5, 5.41) is 21.4. The normalized spacial score (nSPS) is 13.0. The smallest absolute Gasteiger partial charge is 0.416 e. The fourth-order valence-electron chi connectivity index (χ4n) is 2.69. The summed E-state index contributed by atoms with van der Waals surface area (Å²) < 4.78 is 40.0. The van der Waals surface area contributed by atoms with Crippen molar-refractivity contribution < 1.29 is 18.3 Å². The Labute approximate surface area is 169 Å². The van der Waals surface area contributed by atoms with E-state index >= 15 is 0 Å². The lowest BCUT2D eigenvalue weighted by Crippen LogP contribution is -2.03. The number of aliphatic hydroxyl groups excluding tert-OH is 1. The molecule has 140 valence electrons. The highest BCUT2D eigenvalue weighted by Gasteiger charge is 2.31. The molecule has 4 aromatic rings. The second-order valence-electron chi connectivity index (χ2n) is 5.78. The molecule has 0 saturated carbocycles. The number of thiophene rings is 1. The molecule has 1 N–H and O–H groups in total. The molecule has 0 radical (unpaired) electrons. The zero-order valence-electron chi connectivity index (χ0n) is 13.7. The highest BCUT2D eigenvalue weighted by molar-refractivity contribution is 7.21. The van der Waals surface area contributed by atoms with Crippen LogP contribution in [0.15, 0.2) is 42.5 Å². The van der Waals surface area contributed by atoms with Gasteiger partial charge in [-0.25, -0.2) is 4.98 Å². The van der Waals surface area contributed by atoms with E-state index in [4.69, 9.17) is 11.6 Å². The van der Waals surface area contributed by atoms with Crippen LogP contribution in [0, 0.1) is 11.3 Å². The number of aromatic nitrogens is 1. The maximum Gasteiger partial charge on any atom is 0.416 e. The van der Waals surface area contributed by atoms with E-state index < -0.39 is 11.7 Å². The summed E-state index contributed by atoms with van der Waals surface area (Å²) in [5.41, 5.74) is -0.850. The van der Waals surface area contributed by atoms with Crippen molar-refractivity contribution >= 4 is 65.9 Å². The molecule has 4 rings (SSSR count). The third kappa shape index (κ3) is 3.11. The SMILES string of the molecule is N#CC(=C(O)c1sc2ccccc2c1Cl)c1nc2cc(C(F)(F)F)ccc2s1. The molecule has 0 spiro atoms. The second kappa shape index (κ2) is 6.78. The number of fused-ring (bicyclic) bond motifs is 2. The number of aliphatic hydroxyl groups is 1. The number of rotatable bonds is 2. The molecule has 0 atom stereocenters. The summed E-state index contributed by atoms with van der Waals surface area (Å²) in [4.78, 5) is 4.44. The van der Waals surface area contributed by atoms with Crippen molar-refractivity contribution in [2.24, 2.45) is 0 Å². The molecule has 2 aromatic carbocycles. The van der Waals surface area contributed by atoms with Gasteiger partial charge in [0.05, 0.1) is 25.7 Å². The molecule has 9 heteroatoms. The number of thiazole rings is 1. The minimum absolute atomic E-state index is 0.109. The third-order valence-electron chi connectivity index (χ3n) is 4.03. The van der Waals surface area contributed by atoms with E-state index in [1.807, 2.05) is 24.3 Å². The molecular formula is C19H8ClF3N2OS2. The van der Waals surface area contributed by atoms with Crippen molar-refractivity contribution in [3.63, 3.8) is 0 Å². The lowest BCUT2D eigenvalue weighted by Gasteiger charge is -2.04. The molecule has 2 heterocycles. The average molecular weight is 437 g/mol. The van der Waals surface area contributed by atoms with Crippen LogP contribution >= 0.6 is 34.3 Å². The third-order valence-corrected chi connectivity index (χ3v) is 6.76. The molecule has 0 unspecified atom stereocenters. The minimum Gasteiger partial charge on any atom is -0.505 e. The first kappa shape index (κ1) is 18.7. The fraction of sp³-hybridized carbons (Fsp3) is 0.0526. The van der Waals surface area contributed by atoms with Crippen molar-refractivity contribution in [3.8, 4) is 6.07 Å². The first-order chi connectivity index (χ1) is 13.3. The molecule has 0 saturated heterocycles. The number of hydrogen-bond acceptors (Lipinski definition) is 5. The van der Waals surface area contributed by atoms with Crippen molar-refractivity contribution in [1.29, 1.82) is 5.26 Å². The maximum absolute atomic E-state index is 12.9. The zero-order valence-corrected chi connectivity index (χ0v) is 16.1. The zero-order chi connectivity index (χ0) is 20.1. The Balaban J connectivity index is 1.87. The van der Waals surface area contributed by atoms with Gasteiger partial charge in [0, 0.05) is 10.1 Å². The van der Waals surface area contributed by atoms with Gasteiger partial charge in [0.15, 0.2) is 5.76 Å². The van der Waals surface area contributed by atoms with E-state index in [-0.39, 0.29) is 21.9 Å². The van der Waals surface area contributed by atoms with Crippen LogP contribution in [-0.4, -0.2) is 10.1 Å². The Kier molecular flexibility index (Phi) is 4.54. The van der Waals surface area contributed by atoms with E-state index in [1.165, 1.54) is 17.4 Å². The van der Waals surface area contributed by atoms with Gasteiger partial charge in [-0.1, -0.05) is 29.8 Å². The molecule has 0 amide bonds. The van der Waals surface area contributed by atoms with Gasteiger partial charge < -0.3 is 5.11 Å². The Morgan fingerprint density at radius 3 is 2.54 bits per heavy atom. The van der Waals surface area contributed by atoms with E-state index in [1.54, 1.807) is 6.07 Å². The van der Waals surface area contributed by atoms with Gasteiger partial charge in [-0.3, -0.25) is 0 Å². The molecule has 0 fully saturated rings. The Morgan fingerprint density at radius 2 is 1.86 bits per heavy atom. The first-order valence-corrected chi connectivity index (χ1v) is 9.79. The van der Waals surface area contributed by atoms with Crippen molar-refractivity contribution in [2.45, 2.75) is 6.18 Å². The number of benzene rings is 2. The van der Waals surface area contributed by atoms with E-state index in [0.29, 0.717) is 14.6 Å². The Bertz CT molecular complexity index is 1300. The minimum atomic E-state index is -4.49. The number of halogens is 4. The molecule has 0 bridgehead atoms. The lowest BCUT2D eigenvalue weighted by atomic mass is 10.2. The predicted octanol–water partition coefficient (Wildman–Crippen LogP) is 7.13. The average Bonchev–Trinajstić information content (AvgIpc) is 3.22. The van der Waals surface area contributed by atoms with Crippen molar-refractivity contribution in [1.82, 2.24) is 4.98 Å². The van der Waals surface area contributed by atoms with Gasteiger partial charge in [-0.05, 0) is 24.3 Å². The van der Waals surface area contributed by atoms with Crippen LogP contribution in [0.5, 0.6) is 0 Å². The molecule has 3 nitrogen and oxygen atoms in total. The van der Waals surface area contributed by atoms with Crippen molar-refractivity contribution in [2.75, 3.05) is 0 Å². The van der Waals surface area contributed by atoms with Gasteiger partial charge in [0.25, 0.3) is 0 Å². The van der Waals surface area contributed by atoms with E-state index in [9.17, 15) is 23.5 Å². The molecular weight excluding hydrogens is 429 g/mol. The van der Waals surface area contributed by atoms with Crippen LogP contribution in [0.4, 0.5) is 13.2 Å². The van der Waals surface area contributed by atoms with Crippen LogP contribution in [0.25, 0.3) is 31.6 Å². The molecule has 2 aromatic heterocycles. The fourth-order valence-corrected chi connectivity index (χ4v) is 5.11. The number of alkyl halides is 3. The Morgan fingerprint density at radius 1 is 1.11 bits per heavy atom. The van der Waals surface area contributed by atoms with Gasteiger partial charge >= 0.3 is 6.18 Å². The largest absolute Gasteiger partial charge is 0.505 e. The maximum atomic E-state index is 12.9. The number of allylic oxidation sites excluding steroid dienone is 1. The number of nitrogens with zero attached hydrogens (tertiary/aromatic N) is 2. The number of hydrogen-bond donors (Lipinski definition) is 1. The summed E-state index contributed by atoms with van der Waals surface area (Å²) in [6.07, 6.45) is -4.49. The van der Waals surface area contributed by atoms with Gasteiger partial charge in [0.1, 0.15) is 16.6 Å². The highest BCUT2D eigenvalue weighted by Crippen LogP contribution is 2.41. The summed E-state index contributed by atoms with van der Waals surface area (Å²) in [6.45, 7) is 0. The van der Waals surface area contributed by atoms with Crippen LogP contribution in [0.1, 0.15) is 15.4 Å². The van der Waals surface area contributed by atoms with Crippen LogP contribution < -0.4 is 0 Å². The van der Waals surface area contributed by atoms with Crippen LogP contribution in [0.3, 0.4) is 0 Å². The quantitative estimate of drug-likeness (QED) is 0.268. The molecule has 0 aliphatic heterocycles. The van der Waals surface area contributed by atoms with Crippen LogP contribution in [0.2, 0.25) is 5.02 Å². The molecule has 28 heavy (non-hydrogen) atoms. The topological polar surface area (TPSA) is 56.9 Å². The molecule has 0 aliphatic carbocycles. The van der Waals surface area contributed by atoms with E-state index in [2.05, 4.69) is 4.98 Å². The Hall–Kier alpha value is -2.60. The first-order valence-electron chi connectivity index (χ1n) is 7.78. The van der Waals surface area contributed by atoms with E-state index in [0.717, 1.165) is 33.6 Å². The highest BCUT2D eigenvalue weighted by atomic mass is 35.5. The molecule has 0 aliphatic rings. The second-order valence-corrected chi connectivity index (χ2v) is 8.24. The number of nitriles is 1. The summed E-state index contributed by atoms with van der Waals surface area (Å²) >= 11 is 8.60. The summed E-state index contributed by atoms with van der Waals surface area (Å²) in [5.74, 6) is -0.344. The van der Waals surface area contributed by atoms with Gasteiger partial charge in [-0.15, -0.1) is 22.7 Å².